The zero-order valence-corrected chi connectivity index (χ0v) is 40.2. The Labute approximate surface area is 405 Å². The fraction of sp³-hybridized carbons (Fsp3) is 0.542. The lowest BCUT2D eigenvalue weighted by Crippen LogP contribution is -2.47. The Bertz CT molecular complexity index is 2430. The molecule has 1 aliphatic heterocycles. The van der Waals surface area contributed by atoms with Crippen molar-refractivity contribution >= 4 is 11.7 Å². The van der Waals surface area contributed by atoms with Crippen LogP contribution in [0.2, 0.25) is 0 Å². The van der Waals surface area contributed by atoms with E-state index in [4.69, 9.17) is 14.2 Å². The van der Waals surface area contributed by atoms with Gasteiger partial charge in [0.05, 0.1) is 68.5 Å². The summed E-state index contributed by atoms with van der Waals surface area (Å²) < 4.78 is 19.0. The molecule has 2 atom stereocenters. The van der Waals surface area contributed by atoms with Crippen molar-refractivity contribution in [2.24, 2.45) is 5.92 Å². The van der Waals surface area contributed by atoms with Gasteiger partial charge in [0.1, 0.15) is 5.78 Å². The predicted molar refractivity (Wildman–Crippen MR) is 255 cm³/mol. The van der Waals surface area contributed by atoms with Gasteiger partial charge in [0, 0.05) is 122 Å². The molecule has 70 heavy (non-hydrogen) atoms. The molecule has 0 aromatic carbocycles. The summed E-state index contributed by atoms with van der Waals surface area (Å²) in [5.41, 5.74) is -1.18. The van der Waals surface area contributed by atoms with E-state index < -0.39 is 28.3 Å². The molecule has 0 spiro atoms. The first-order valence-electron chi connectivity index (χ1n) is 23.8. The summed E-state index contributed by atoms with van der Waals surface area (Å²) in [5.74, 6) is -0.0641. The predicted octanol–water partition coefficient (Wildman–Crippen LogP) is 1.10. The van der Waals surface area contributed by atoms with Gasteiger partial charge >= 0.3 is 0 Å². The average Bonchev–Trinajstić information content (AvgIpc) is 3.34. The number of rotatable bonds is 25. The summed E-state index contributed by atoms with van der Waals surface area (Å²) >= 11 is 0. The van der Waals surface area contributed by atoms with Gasteiger partial charge in [-0.3, -0.25) is 48.4 Å². The number of hydrogen-bond acceptors (Lipinski definition) is 17. The second kappa shape index (κ2) is 28.5. The number of carbonyl (C=O) groups is 2. The number of pyridine rings is 4. The minimum atomic E-state index is -0.689. The number of carbonyl (C=O) groups excluding carboxylic acids is 2. The van der Waals surface area contributed by atoms with Crippen molar-refractivity contribution in [3.63, 3.8) is 0 Å². The smallest absolute Gasteiger partial charge is 0.283 e. The van der Waals surface area contributed by atoms with Crippen molar-refractivity contribution in [1.82, 2.24) is 43.8 Å². The van der Waals surface area contributed by atoms with E-state index in [1.165, 1.54) is 30.3 Å². The second-order valence-corrected chi connectivity index (χ2v) is 17.2. The number of amides is 1. The molecule has 4 aromatic rings. The normalized spacial score (nSPS) is 15.7. The van der Waals surface area contributed by atoms with Crippen LogP contribution < -0.4 is 27.6 Å². The standard InChI is InChI=1S/C48H69N9O13/c1-3-37(2)43(58)18-28-68-30-32-70-33-31-69-29-19-49-44(59)17-16-41(42-11-7-15-48(63)57(42)67)53-26-24-51(35-39-9-5-13-46(61)55(39)65)22-20-50(34-38-8-4-12-45(60)54(38)64)21-23-52(25-27-53)36-40-10-6-14-47(62)56(40)66/h4-15,37,41,64-67H,3,16-36H2,1-2H3,(H,49,59). The lowest BCUT2D eigenvalue weighted by molar-refractivity contribution is -0.124. The average molecular weight is 980 g/mol. The Hall–Kier alpha value is -6.14. The number of nitrogens with one attached hydrogen (secondary N) is 1. The quantitative estimate of drug-likeness (QED) is 0.0460. The first kappa shape index (κ1) is 54.8. The van der Waals surface area contributed by atoms with Crippen LogP contribution in [0.1, 0.15) is 68.3 Å². The number of aromatic nitrogens is 4. The summed E-state index contributed by atoms with van der Waals surface area (Å²) in [4.78, 5) is 83.7. The number of ether oxygens (including phenoxy) is 3. The molecule has 384 valence electrons. The van der Waals surface area contributed by atoms with Crippen LogP contribution in [0.3, 0.4) is 0 Å². The molecule has 1 fully saturated rings. The van der Waals surface area contributed by atoms with Gasteiger partial charge in [0.25, 0.3) is 22.2 Å². The molecule has 2 unspecified atom stereocenters. The van der Waals surface area contributed by atoms with Crippen LogP contribution in [-0.4, -0.2) is 170 Å². The zero-order valence-electron chi connectivity index (χ0n) is 40.2. The van der Waals surface area contributed by atoms with Gasteiger partial charge in [-0.25, -0.2) is 0 Å². The van der Waals surface area contributed by atoms with E-state index in [1.807, 2.05) is 28.5 Å². The molecule has 0 saturated carbocycles. The lowest BCUT2D eigenvalue weighted by atomic mass is 10.0. The Morgan fingerprint density at radius 2 is 0.943 bits per heavy atom. The molecule has 0 aliphatic carbocycles. The van der Waals surface area contributed by atoms with E-state index in [9.17, 15) is 49.6 Å². The molecule has 5 heterocycles. The van der Waals surface area contributed by atoms with Crippen LogP contribution in [0.5, 0.6) is 0 Å². The number of Topliss-reactive ketones (excluding diaryl/α,β-unsaturated/α-hetero) is 1. The van der Waals surface area contributed by atoms with Crippen molar-refractivity contribution in [3.8, 4) is 0 Å². The van der Waals surface area contributed by atoms with Gasteiger partial charge in [0.2, 0.25) is 5.91 Å². The topological polar surface area (TPSA) is 256 Å². The minimum Gasteiger partial charge on any atom is -0.425 e. The lowest BCUT2D eigenvalue weighted by Gasteiger charge is -2.37. The van der Waals surface area contributed by atoms with Gasteiger partial charge < -0.3 is 40.4 Å². The summed E-state index contributed by atoms with van der Waals surface area (Å²) in [5, 5.41) is 46.1. The monoisotopic (exact) mass is 980 g/mol. The molecule has 1 saturated heterocycles. The number of hydrogen-bond donors (Lipinski definition) is 5. The molecule has 4 aromatic heterocycles. The highest BCUT2D eigenvalue weighted by atomic mass is 16.5. The Balaban J connectivity index is 1.30. The third-order valence-corrected chi connectivity index (χ3v) is 12.4. The van der Waals surface area contributed by atoms with Gasteiger partial charge in [0.15, 0.2) is 0 Å². The summed E-state index contributed by atoms with van der Waals surface area (Å²) in [6, 6.07) is 17.0. The first-order valence-corrected chi connectivity index (χ1v) is 23.8. The zero-order chi connectivity index (χ0) is 50.4. The van der Waals surface area contributed by atoms with Crippen LogP contribution in [0.15, 0.2) is 92.0 Å². The fourth-order valence-corrected chi connectivity index (χ4v) is 8.03. The van der Waals surface area contributed by atoms with Gasteiger partial charge in [-0.05, 0) is 37.1 Å². The highest BCUT2D eigenvalue weighted by Crippen LogP contribution is 2.26. The minimum absolute atomic E-state index is 0.00965. The molecular formula is C48H69N9O13. The van der Waals surface area contributed by atoms with Crippen molar-refractivity contribution in [3.05, 3.63) is 137 Å². The molecule has 22 heteroatoms. The molecule has 0 radical (unpaired) electrons. The molecule has 5 N–H and O–H groups in total. The van der Waals surface area contributed by atoms with E-state index in [2.05, 4.69) is 10.2 Å². The highest BCUT2D eigenvalue weighted by molar-refractivity contribution is 5.80. The molecule has 1 aliphatic rings. The third-order valence-electron chi connectivity index (χ3n) is 12.4. The maximum absolute atomic E-state index is 13.4. The highest BCUT2D eigenvalue weighted by Gasteiger charge is 2.28. The van der Waals surface area contributed by atoms with Crippen LogP contribution in [0.25, 0.3) is 0 Å². The number of nitrogens with zero attached hydrogens (tertiary/aromatic N) is 8. The van der Waals surface area contributed by atoms with E-state index in [0.29, 0.717) is 128 Å². The maximum atomic E-state index is 13.4. The summed E-state index contributed by atoms with van der Waals surface area (Å²) in [7, 11) is 0. The SMILES string of the molecule is CCC(C)C(=O)CCOCCOCCOCCNC(=O)CCC(c1cccc(=O)n1O)N1CCN(Cc2cccc(=O)n2O)CCN(Cc2cccc(=O)n2O)CCN(Cc2cccc(=O)n2O)CC1. The summed E-state index contributed by atoms with van der Waals surface area (Å²) in [6.07, 6.45) is 1.37. The largest absolute Gasteiger partial charge is 0.425 e. The van der Waals surface area contributed by atoms with Gasteiger partial charge in [-0.1, -0.05) is 38.1 Å². The molecule has 5 rings (SSSR count). The fourth-order valence-electron chi connectivity index (χ4n) is 8.03. The van der Waals surface area contributed by atoms with Crippen molar-refractivity contribution in [2.75, 3.05) is 98.5 Å². The van der Waals surface area contributed by atoms with Crippen LogP contribution in [0, 0.1) is 5.92 Å². The van der Waals surface area contributed by atoms with Crippen LogP contribution in [0.4, 0.5) is 0 Å². The van der Waals surface area contributed by atoms with E-state index in [1.54, 1.807) is 42.5 Å². The van der Waals surface area contributed by atoms with E-state index in [-0.39, 0.29) is 68.9 Å². The van der Waals surface area contributed by atoms with Gasteiger partial charge in [-0.15, -0.1) is 0 Å². The number of ketones is 1. The van der Waals surface area contributed by atoms with Crippen molar-refractivity contribution < 1.29 is 44.6 Å². The molecule has 1 amide bonds. The van der Waals surface area contributed by atoms with Crippen molar-refractivity contribution in [1.29, 1.82) is 0 Å². The third kappa shape index (κ3) is 17.1. The maximum Gasteiger partial charge on any atom is 0.283 e. The molecule has 0 bridgehead atoms. The van der Waals surface area contributed by atoms with Crippen molar-refractivity contribution in [2.45, 2.75) is 65.2 Å². The Morgan fingerprint density at radius 3 is 1.40 bits per heavy atom. The van der Waals surface area contributed by atoms with Crippen LogP contribution >= 0.6 is 0 Å². The van der Waals surface area contributed by atoms with Gasteiger partial charge in [-0.2, -0.15) is 18.9 Å². The molecular weight excluding hydrogens is 911 g/mol. The Morgan fingerprint density at radius 1 is 0.543 bits per heavy atom. The second-order valence-electron chi connectivity index (χ2n) is 17.2. The summed E-state index contributed by atoms with van der Waals surface area (Å²) in [6.45, 7) is 9.32. The van der Waals surface area contributed by atoms with E-state index in [0.717, 1.165) is 6.42 Å². The van der Waals surface area contributed by atoms with E-state index >= 15 is 0 Å². The first-order chi connectivity index (χ1) is 33.7. The Kier molecular flexibility index (Phi) is 22.3. The van der Waals surface area contributed by atoms with Crippen LogP contribution in [-0.2, 0) is 43.4 Å². The molecule has 22 nitrogen and oxygen atoms in total.